The van der Waals surface area contributed by atoms with Crippen molar-refractivity contribution < 1.29 is 9.21 Å². The molecule has 1 aliphatic rings. The van der Waals surface area contributed by atoms with E-state index in [2.05, 4.69) is 15.6 Å². The first-order chi connectivity index (χ1) is 11.7. The molecule has 1 aliphatic carbocycles. The maximum absolute atomic E-state index is 11.0. The molecule has 7 heteroatoms. The molecule has 1 fully saturated rings. The van der Waals surface area contributed by atoms with E-state index >= 15 is 0 Å². The molecule has 0 saturated heterocycles. The number of nitrogens with two attached hydrogens (primary N) is 1. The molecule has 1 saturated carbocycles. The van der Waals surface area contributed by atoms with Gasteiger partial charge in [-0.3, -0.25) is 4.79 Å². The van der Waals surface area contributed by atoms with Crippen LogP contribution in [0, 0.1) is 5.92 Å². The van der Waals surface area contributed by atoms with E-state index in [9.17, 15) is 4.79 Å². The number of carbonyl (C=O) groups is 1. The van der Waals surface area contributed by atoms with E-state index in [1.807, 2.05) is 6.92 Å². The summed E-state index contributed by atoms with van der Waals surface area (Å²) in [6.45, 7) is 4.14. The second-order valence-electron chi connectivity index (χ2n) is 6.40. The van der Waals surface area contributed by atoms with Crippen LogP contribution in [0.2, 0.25) is 0 Å². The van der Waals surface area contributed by atoms with E-state index in [4.69, 9.17) is 10.2 Å². The minimum absolute atomic E-state index is 0. The van der Waals surface area contributed by atoms with E-state index in [1.54, 1.807) is 12.1 Å². The number of aliphatic imine (C=N–C) groups is 1. The summed E-state index contributed by atoms with van der Waals surface area (Å²) in [6, 6.07) is 3.31. The fraction of sp³-hybridized carbons (Fsp3) is 0.667. The van der Waals surface area contributed by atoms with Gasteiger partial charge in [0.25, 0.3) is 5.91 Å². The Kier molecular flexibility index (Phi) is 10.6. The molecule has 1 heterocycles. The highest BCUT2D eigenvalue weighted by Gasteiger charge is 2.13. The molecule has 4 N–H and O–H groups in total. The van der Waals surface area contributed by atoms with Crippen LogP contribution in [0.15, 0.2) is 21.5 Å². The number of nitrogens with zero attached hydrogens (tertiary/aromatic N) is 1. The fourth-order valence-electron chi connectivity index (χ4n) is 3.16. The summed E-state index contributed by atoms with van der Waals surface area (Å²) < 4.78 is 5.34. The van der Waals surface area contributed by atoms with E-state index in [1.165, 1.54) is 38.5 Å². The van der Waals surface area contributed by atoms with Crippen molar-refractivity contribution in [1.82, 2.24) is 10.6 Å². The number of rotatable bonds is 9. The second-order valence-corrected chi connectivity index (χ2v) is 6.40. The lowest BCUT2D eigenvalue weighted by molar-refractivity contribution is 0.0972. The van der Waals surface area contributed by atoms with Crippen molar-refractivity contribution >= 4 is 35.8 Å². The van der Waals surface area contributed by atoms with Crippen molar-refractivity contribution in [3.8, 4) is 0 Å². The first-order valence-electron chi connectivity index (χ1n) is 9.09. The Morgan fingerprint density at radius 2 is 2.04 bits per heavy atom. The van der Waals surface area contributed by atoms with Gasteiger partial charge in [-0.05, 0) is 31.4 Å². The third-order valence-electron chi connectivity index (χ3n) is 4.45. The molecule has 2 rings (SSSR count). The van der Waals surface area contributed by atoms with Crippen LogP contribution in [0.3, 0.4) is 0 Å². The van der Waals surface area contributed by atoms with Gasteiger partial charge in [0.15, 0.2) is 11.7 Å². The molecule has 0 aliphatic heterocycles. The molecule has 0 bridgehead atoms. The van der Waals surface area contributed by atoms with Gasteiger partial charge in [-0.15, -0.1) is 24.0 Å². The summed E-state index contributed by atoms with van der Waals surface area (Å²) in [5, 5.41) is 6.57. The van der Waals surface area contributed by atoms with Gasteiger partial charge in [-0.1, -0.05) is 38.5 Å². The van der Waals surface area contributed by atoms with Crippen LogP contribution in [0.25, 0.3) is 0 Å². The third-order valence-corrected chi connectivity index (χ3v) is 4.45. The van der Waals surface area contributed by atoms with Crippen molar-refractivity contribution in [3.63, 3.8) is 0 Å². The highest BCUT2D eigenvalue weighted by Crippen LogP contribution is 2.28. The number of primary amides is 1. The SMILES string of the molecule is CCNC(=NCc1ccc(C(N)=O)o1)NCCCCC1CCCC1.I. The lowest BCUT2D eigenvalue weighted by atomic mass is 10.0. The minimum Gasteiger partial charge on any atom is -0.454 e. The summed E-state index contributed by atoms with van der Waals surface area (Å²) in [5.74, 6) is 1.98. The van der Waals surface area contributed by atoms with Crippen LogP contribution in [-0.4, -0.2) is 25.0 Å². The molecule has 0 aromatic carbocycles. The van der Waals surface area contributed by atoms with E-state index < -0.39 is 5.91 Å². The highest BCUT2D eigenvalue weighted by atomic mass is 127. The topological polar surface area (TPSA) is 92.6 Å². The van der Waals surface area contributed by atoms with Gasteiger partial charge in [0.2, 0.25) is 0 Å². The smallest absolute Gasteiger partial charge is 0.284 e. The van der Waals surface area contributed by atoms with E-state index in [0.717, 1.165) is 31.4 Å². The minimum atomic E-state index is -0.558. The number of halogens is 1. The molecule has 0 radical (unpaired) electrons. The lowest BCUT2D eigenvalue weighted by Gasteiger charge is -2.12. The monoisotopic (exact) mass is 462 g/mol. The van der Waals surface area contributed by atoms with Crippen LogP contribution < -0.4 is 16.4 Å². The highest BCUT2D eigenvalue weighted by molar-refractivity contribution is 14.0. The largest absolute Gasteiger partial charge is 0.454 e. The average Bonchev–Trinajstić information content (AvgIpc) is 3.23. The van der Waals surface area contributed by atoms with Gasteiger partial charge < -0.3 is 20.8 Å². The quantitative estimate of drug-likeness (QED) is 0.227. The van der Waals surface area contributed by atoms with Crippen LogP contribution >= 0.6 is 24.0 Å². The predicted molar refractivity (Wildman–Crippen MR) is 111 cm³/mol. The van der Waals surface area contributed by atoms with Gasteiger partial charge in [-0.2, -0.15) is 0 Å². The summed E-state index contributed by atoms with van der Waals surface area (Å²) in [5.41, 5.74) is 5.18. The van der Waals surface area contributed by atoms with Crippen molar-refractivity contribution in [2.45, 2.75) is 58.4 Å². The van der Waals surface area contributed by atoms with Crippen molar-refractivity contribution in [3.05, 3.63) is 23.7 Å². The number of carbonyl (C=O) groups excluding carboxylic acids is 1. The van der Waals surface area contributed by atoms with E-state index in [0.29, 0.717) is 12.3 Å². The Balaban J connectivity index is 0.00000312. The van der Waals surface area contributed by atoms with Crippen molar-refractivity contribution in [2.75, 3.05) is 13.1 Å². The Hall–Kier alpha value is -1.25. The Morgan fingerprint density at radius 3 is 2.68 bits per heavy atom. The zero-order chi connectivity index (χ0) is 17.2. The van der Waals surface area contributed by atoms with Gasteiger partial charge in [0.05, 0.1) is 0 Å². The molecule has 0 spiro atoms. The van der Waals surface area contributed by atoms with Crippen LogP contribution in [0.5, 0.6) is 0 Å². The second kappa shape index (κ2) is 12.2. The molecule has 1 aromatic rings. The number of nitrogens with one attached hydrogen (secondary N) is 2. The van der Waals surface area contributed by atoms with Gasteiger partial charge in [0, 0.05) is 13.1 Å². The van der Waals surface area contributed by atoms with Crippen molar-refractivity contribution in [1.29, 1.82) is 0 Å². The number of hydrogen-bond acceptors (Lipinski definition) is 3. The normalized spacial score (nSPS) is 15.0. The van der Waals surface area contributed by atoms with Gasteiger partial charge in [0.1, 0.15) is 12.3 Å². The maximum atomic E-state index is 11.0. The Morgan fingerprint density at radius 1 is 1.28 bits per heavy atom. The summed E-state index contributed by atoms with van der Waals surface area (Å²) >= 11 is 0. The molecule has 0 unspecified atom stereocenters. The maximum Gasteiger partial charge on any atom is 0.284 e. The van der Waals surface area contributed by atoms with E-state index in [-0.39, 0.29) is 29.7 Å². The number of furan rings is 1. The number of hydrogen-bond donors (Lipinski definition) is 3. The Labute approximate surface area is 167 Å². The summed E-state index contributed by atoms with van der Waals surface area (Å²) in [6.07, 6.45) is 9.49. The van der Waals surface area contributed by atoms with Gasteiger partial charge in [-0.25, -0.2) is 4.99 Å². The number of unbranched alkanes of at least 4 members (excludes halogenated alkanes) is 1. The lowest BCUT2D eigenvalue weighted by Crippen LogP contribution is -2.37. The number of amides is 1. The molecule has 1 amide bonds. The molecule has 1 aromatic heterocycles. The average molecular weight is 462 g/mol. The van der Waals surface area contributed by atoms with Crippen LogP contribution in [-0.2, 0) is 6.54 Å². The molecular weight excluding hydrogens is 431 g/mol. The van der Waals surface area contributed by atoms with Crippen molar-refractivity contribution in [2.24, 2.45) is 16.6 Å². The zero-order valence-corrected chi connectivity index (χ0v) is 17.4. The van der Waals surface area contributed by atoms with Gasteiger partial charge >= 0.3 is 0 Å². The van der Waals surface area contributed by atoms with Crippen LogP contribution in [0.4, 0.5) is 0 Å². The first-order valence-corrected chi connectivity index (χ1v) is 9.09. The summed E-state index contributed by atoms with van der Waals surface area (Å²) in [7, 11) is 0. The zero-order valence-electron chi connectivity index (χ0n) is 15.1. The predicted octanol–water partition coefficient (Wildman–Crippen LogP) is 3.41. The summed E-state index contributed by atoms with van der Waals surface area (Å²) in [4.78, 5) is 15.5. The molecule has 0 atom stereocenters. The third kappa shape index (κ3) is 8.11. The Bertz CT molecular complexity index is 539. The molecule has 6 nitrogen and oxygen atoms in total. The molecule has 142 valence electrons. The molecular formula is C18H31IN4O2. The fourth-order valence-corrected chi connectivity index (χ4v) is 3.16. The van der Waals surface area contributed by atoms with Crippen LogP contribution in [0.1, 0.15) is 68.2 Å². The molecule has 25 heavy (non-hydrogen) atoms. The standard InChI is InChI=1S/C18H30N4O2.HI/c1-2-20-18(21-12-6-5-9-14-7-3-4-8-14)22-13-15-10-11-16(24-15)17(19)23;/h10-11,14H,2-9,12-13H2,1H3,(H2,19,23)(H2,20,21,22);1H. The number of guanidine groups is 1. The first kappa shape index (κ1) is 21.8.